The van der Waals surface area contributed by atoms with Crippen LogP contribution in [0, 0.1) is 28.4 Å². The Morgan fingerprint density at radius 1 is 1.16 bits per heavy atom. The van der Waals surface area contributed by atoms with Gasteiger partial charge in [-0.3, -0.25) is 0 Å². The first-order chi connectivity index (χ1) is 17.8. The van der Waals surface area contributed by atoms with E-state index < -0.39 is 21.7 Å². The van der Waals surface area contributed by atoms with Crippen molar-refractivity contribution < 1.29 is 21.9 Å². The molecule has 0 amide bonds. The second-order valence-corrected chi connectivity index (χ2v) is 11.6. The Morgan fingerprint density at radius 3 is 2.62 bits per heavy atom. The quantitative estimate of drug-likeness (QED) is 0.123. The standard InChI is InChI=1S/C25H18F2IN4O3PS/c26-22-7-6-18(12-16(22)15-29)35-25-21(13-17(30)8-10-31-36-28)20-9-11-32(24(20)14-23(25)27)37(33,34)19-4-2-1-3-5-19/h1-12,14,30-31,36H,13H2/b10-8-,30-17?. The fourth-order valence-electron chi connectivity index (χ4n) is 3.67. The molecule has 1 unspecified atom stereocenters. The number of hydrogen-bond acceptors (Lipinski definition) is 6. The van der Waals surface area contributed by atoms with Crippen molar-refractivity contribution in [1.29, 1.82) is 10.7 Å². The highest BCUT2D eigenvalue weighted by Gasteiger charge is 2.24. The van der Waals surface area contributed by atoms with Gasteiger partial charge >= 0.3 is 0 Å². The molecular formula is C25H18F2IN4O3PS. The number of aromatic nitrogens is 1. The molecule has 0 bridgehead atoms. The molecule has 3 aromatic carbocycles. The van der Waals surface area contributed by atoms with Crippen molar-refractivity contribution >= 4 is 55.1 Å². The Hall–Kier alpha value is -3.33. The van der Waals surface area contributed by atoms with Gasteiger partial charge in [0, 0.05) is 54.0 Å². The van der Waals surface area contributed by atoms with Gasteiger partial charge in [-0.05, 0) is 58.4 Å². The van der Waals surface area contributed by atoms with Crippen molar-refractivity contribution in [3.63, 3.8) is 0 Å². The van der Waals surface area contributed by atoms with E-state index in [-0.39, 0.29) is 45.2 Å². The van der Waals surface area contributed by atoms with Crippen LogP contribution in [0.5, 0.6) is 11.5 Å². The number of benzene rings is 3. The maximum absolute atomic E-state index is 15.6. The van der Waals surface area contributed by atoms with Crippen LogP contribution in [0.15, 0.2) is 84.0 Å². The molecule has 1 aromatic heterocycles. The Bertz CT molecular complexity index is 1670. The van der Waals surface area contributed by atoms with Crippen LogP contribution in [0.3, 0.4) is 0 Å². The first-order valence-electron chi connectivity index (χ1n) is 10.6. The molecule has 0 saturated heterocycles. The van der Waals surface area contributed by atoms with E-state index in [9.17, 15) is 12.8 Å². The summed E-state index contributed by atoms with van der Waals surface area (Å²) >= 11 is 2.13. The molecule has 1 atom stereocenters. The van der Waals surface area contributed by atoms with Gasteiger partial charge in [0.2, 0.25) is 0 Å². The minimum atomic E-state index is -4.03. The number of allylic oxidation sites excluding steroid dienone is 1. The van der Waals surface area contributed by atoms with E-state index in [1.165, 1.54) is 36.5 Å². The molecule has 0 saturated carbocycles. The summed E-state index contributed by atoms with van der Waals surface area (Å²) in [5.74, 6) is -1.86. The number of hydrogen-bond donors (Lipinski definition) is 2. The van der Waals surface area contributed by atoms with Crippen LogP contribution in [0.25, 0.3) is 10.9 Å². The normalized spacial score (nSPS) is 11.8. The lowest BCUT2D eigenvalue weighted by molar-refractivity contribution is 0.438. The number of nitriles is 1. The van der Waals surface area contributed by atoms with E-state index in [2.05, 4.69) is 27.1 Å². The second-order valence-electron chi connectivity index (χ2n) is 7.66. The highest BCUT2D eigenvalue weighted by molar-refractivity contribution is 14.2. The molecule has 1 heterocycles. The van der Waals surface area contributed by atoms with Crippen LogP contribution >= 0.6 is 28.4 Å². The molecule has 4 aromatic rings. The van der Waals surface area contributed by atoms with Crippen molar-refractivity contribution in [2.75, 3.05) is 0 Å². The molecule has 7 nitrogen and oxygen atoms in total. The highest BCUT2D eigenvalue weighted by Crippen LogP contribution is 2.37. The largest absolute Gasteiger partial charge is 0.454 e. The zero-order valence-corrected chi connectivity index (χ0v) is 22.8. The molecule has 0 fully saturated rings. The third-order valence-electron chi connectivity index (χ3n) is 5.34. The van der Waals surface area contributed by atoms with E-state index in [1.54, 1.807) is 30.5 Å². The van der Waals surface area contributed by atoms with Gasteiger partial charge in [0.1, 0.15) is 17.6 Å². The molecule has 2 N–H and O–H groups in total. The van der Waals surface area contributed by atoms with Crippen LogP contribution < -0.4 is 9.82 Å². The number of nitrogens with zero attached hydrogens (tertiary/aromatic N) is 2. The van der Waals surface area contributed by atoms with E-state index in [0.717, 1.165) is 22.2 Å². The van der Waals surface area contributed by atoms with Crippen LogP contribution in [-0.4, -0.2) is 18.1 Å². The Morgan fingerprint density at radius 2 is 1.92 bits per heavy atom. The number of fused-ring (bicyclic) bond motifs is 1. The van der Waals surface area contributed by atoms with Crippen molar-refractivity contribution in [2.24, 2.45) is 0 Å². The smallest absolute Gasteiger partial charge is 0.268 e. The SMILES string of the molecule is N#Cc1cc(Oc2c(F)cc3c(ccn3S(=O)(=O)c3ccccc3)c2CC(=N)/C=C\NPI)ccc1F. The summed E-state index contributed by atoms with van der Waals surface area (Å²) in [4.78, 5) is 0.0338. The fourth-order valence-corrected chi connectivity index (χ4v) is 5.72. The number of ether oxygens (including phenoxy) is 1. The van der Waals surface area contributed by atoms with E-state index >= 15 is 4.39 Å². The number of nitrogens with one attached hydrogen (secondary N) is 2. The Labute approximate surface area is 226 Å². The van der Waals surface area contributed by atoms with E-state index in [4.69, 9.17) is 15.4 Å². The monoisotopic (exact) mass is 650 g/mol. The van der Waals surface area contributed by atoms with Crippen molar-refractivity contribution in [3.8, 4) is 17.6 Å². The third kappa shape index (κ3) is 5.66. The summed E-state index contributed by atoms with van der Waals surface area (Å²) in [6.07, 6.45) is 4.73. The molecule has 188 valence electrons. The van der Waals surface area contributed by atoms with Gasteiger partial charge in [0.25, 0.3) is 10.0 Å². The molecular weight excluding hydrogens is 632 g/mol. The molecule has 0 aliphatic carbocycles. The summed E-state index contributed by atoms with van der Waals surface area (Å²) in [6, 6.07) is 15.5. The Balaban J connectivity index is 1.88. The van der Waals surface area contributed by atoms with E-state index in [0.29, 0.717) is 11.8 Å². The first kappa shape index (κ1) is 26.7. The molecule has 12 heteroatoms. The van der Waals surface area contributed by atoms with Crippen LogP contribution in [0.4, 0.5) is 8.78 Å². The second kappa shape index (κ2) is 11.4. The summed E-state index contributed by atoms with van der Waals surface area (Å²) in [5, 5.41) is 20.8. The van der Waals surface area contributed by atoms with Crippen molar-refractivity contribution in [1.82, 2.24) is 9.06 Å². The summed E-state index contributed by atoms with van der Waals surface area (Å²) < 4.78 is 62.7. The third-order valence-corrected chi connectivity index (χ3v) is 8.25. The maximum atomic E-state index is 15.6. The molecule has 4 rings (SSSR count). The van der Waals surface area contributed by atoms with Gasteiger partial charge in [-0.2, -0.15) is 5.26 Å². The van der Waals surface area contributed by atoms with Gasteiger partial charge in [-0.1, -0.05) is 18.2 Å². The van der Waals surface area contributed by atoms with E-state index in [1.807, 2.05) is 0 Å². The average molecular weight is 650 g/mol. The van der Waals surface area contributed by atoms with Crippen LogP contribution in [0.1, 0.15) is 11.1 Å². The first-order valence-corrected chi connectivity index (χ1v) is 16.2. The predicted octanol–water partition coefficient (Wildman–Crippen LogP) is 6.43. The molecule has 0 radical (unpaired) electrons. The summed E-state index contributed by atoms with van der Waals surface area (Å²) in [7, 11) is -4.03. The molecule has 0 spiro atoms. The Kier molecular flexibility index (Phi) is 8.22. The van der Waals surface area contributed by atoms with Crippen molar-refractivity contribution in [3.05, 3.63) is 102 Å². The number of rotatable bonds is 9. The molecule has 0 aliphatic heterocycles. The topological polar surface area (TPSA) is 108 Å². The van der Waals surface area contributed by atoms with Crippen LogP contribution in [-0.2, 0) is 16.4 Å². The van der Waals surface area contributed by atoms with Crippen LogP contribution in [0.2, 0.25) is 0 Å². The average Bonchev–Trinajstić information content (AvgIpc) is 3.32. The number of halogens is 3. The van der Waals surface area contributed by atoms with Gasteiger partial charge in [-0.25, -0.2) is 21.2 Å². The highest BCUT2D eigenvalue weighted by atomic mass is 127. The zero-order chi connectivity index (χ0) is 26.6. The minimum absolute atomic E-state index is 0.0173. The van der Waals surface area contributed by atoms with Crippen molar-refractivity contribution in [2.45, 2.75) is 11.3 Å². The summed E-state index contributed by atoms with van der Waals surface area (Å²) in [6.45, 7) is 0. The lowest BCUT2D eigenvalue weighted by atomic mass is 10.0. The molecule has 37 heavy (non-hydrogen) atoms. The fraction of sp³-hybridized carbons (Fsp3) is 0.0400. The van der Waals surface area contributed by atoms with Gasteiger partial charge in [0.15, 0.2) is 11.6 Å². The van der Waals surface area contributed by atoms with Gasteiger partial charge in [-0.15, -0.1) is 0 Å². The predicted molar refractivity (Wildman–Crippen MR) is 148 cm³/mol. The lowest BCUT2D eigenvalue weighted by Crippen LogP contribution is -2.12. The minimum Gasteiger partial charge on any atom is -0.454 e. The molecule has 0 aliphatic rings. The maximum Gasteiger partial charge on any atom is 0.268 e. The van der Waals surface area contributed by atoms with Gasteiger partial charge in [0.05, 0.1) is 16.0 Å². The van der Waals surface area contributed by atoms with Gasteiger partial charge < -0.3 is 15.2 Å². The lowest BCUT2D eigenvalue weighted by Gasteiger charge is -2.15. The zero-order valence-electron chi connectivity index (χ0n) is 18.9. The summed E-state index contributed by atoms with van der Waals surface area (Å²) in [5.41, 5.74) is 0.131.